The quantitative estimate of drug-likeness (QED) is 0.0212. The number of hydrogen-bond acceptors (Lipinski definition) is 21. The largest absolute Gasteiger partial charge is 0.494 e. The lowest BCUT2D eigenvalue weighted by Gasteiger charge is -2.24. The number of ether oxygens (including phenoxy) is 3. The molecular formula is C51H67Cl2FN14O9P2. The van der Waals surface area contributed by atoms with Gasteiger partial charge in [-0.3, -0.25) is 20.2 Å². The number of nitrogens with one attached hydrogen (secondary N) is 4. The molecule has 6 rings (SSSR count). The number of nitro groups is 2. The zero-order valence-corrected chi connectivity index (χ0v) is 49.2. The summed E-state index contributed by atoms with van der Waals surface area (Å²) < 4.78 is 54.3. The van der Waals surface area contributed by atoms with Crippen LogP contribution in [0.2, 0.25) is 10.0 Å². The molecule has 2 heterocycles. The Morgan fingerprint density at radius 2 is 0.975 bits per heavy atom. The fourth-order valence-corrected chi connectivity index (χ4v) is 10.3. The van der Waals surface area contributed by atoms with Crippen LogP contribution in [0.15, 0.2) is 85.2 Å². The van der Waals surface area contributed by atoms with Crippen molar-refractivity contribution in [3.63, 3.8) is 0 Å². The van der Waals surface area contributed by atoms with Crippen molar-refractivity contribution in [1.29, 1.82) is 0 Å². The molecule has 0 bridgehead atoms. The summed E-state index contributed by atoms with van der Waals surface area (Å²) in [6, 6.07) is 20.3. The van der Waals surface area contributed by atoms with Gasteiger partial charge in [0.05, 0.1) is 65.8 Å². The van der Waals surface area contributed by atoms with Crippen LogP contribution in [-0.4, -0.2) is 168 Å². The van der Waals surface area contributed by atoms with Crippen LogP contribution in [0.4, 0.5) is 73.4 Å². The molecule has 0 atom stereocenters. The molecule has 23 nitrogen and oxygen atoms in total. The van der Waals surface area contributed by atoms with Crippen LogP contribution in [-0.2, 0) is 13.9 Å². The standard InChI is InChI=1S/C26H35ClN7O5P.C25H32ClFN7O4P/c1-32(13-14-38-3)11-12-33(2)21-16-23(39-4)20(15-22(21)34(35)36)30-26-28-17-18(27)25(31-26)29-19-9-7-8-10-24(19)40(5,6)37;1-32(11-10-27)12-13-33(2)20-15-22(38-3)19(14-21(20)34(35)36)30-25-28-16-17(26)24(31-25)29-18-8-6-7-9-23(18)39(4,5)37/h7-10,15-17H,11-14H2,1-6H3,(H2,28,29,30,31);6-9,14-16H,10-13H2,1-5H3,(H2,28,29,30,31). The van der Waals surface area contributed by atoms with Crippen molar-refractivity contribution in [3.05, 3.63) is 115 Å². The average Bonchev–Trinajstić information content (AvgIpc) is 3.49. The molecule has 0 radical (unpaired) electrons. The fraction of sp³-hybridized carbons (Fsp3) is 0.373. The van der Waals surface area contributed by atoms with Gasteiger partial charge in [-0.25, -0.2) is 14.4 Å². The average molecular weight is 1170 g/mol. The molecule has 6 aromatic rings. The molecule has 0 aliphatic carbocycles. The number of rotatable bonds is 27. The SMILES string of the molecule is COCCN(C)CCN(C)c1cc(OC)c(Nc2ncc(Cl)c(Nc3ccccc3P(C)(C)=O)n2)cc1[N+](=O)[O-].COc1cc(N(C)CCN(C)CCF)c([N+](=O)[O-])cc1Nc1ncc(Cl)c(Nc2ccccc2P(C)(C)=O)n1. The summed E-state index contributed by atoms with van der Waals surface area (Å²) in [7, 11) is 6.66. The highest BCUT2D eigenvalue weighted by atomic mass is 35.5. The van der Waals surface area contributed by atoms with E-state index in [-0.39, 0.29) is 57.2 Å². The number of nitrogens with zero attached hydrogens (tertiary/aromatic N) is 10. The maximum absolute atomic E-state index is 12.8. The Kier molecular flexibility index (Phi) is 23.0. The first-order valence-electron chi connectivity index (χ1n) is 24.4. The van der Waals surface area contributed by atoms with Crippen molar-refractivity contribution < 1.29 is 37.6 Å². The van der Waals surface area contributed by atoms with E-state index in [1.54, 1.807) is 113 Å². The summed E-state index contributed by atoms with van der Waals surface area (Å²) in [4.78, 5) is 47.8. The summed E-state index contributed by atoms with van der Waals surface area (Å²) >= 11 is 12.7. The van der Waals surface area contributed by atoms with Gasteiger partial charge in [0.25, 0.3) is 11.4 Å². The summed E-state index contributed by atoms with van der Waals surface area (Å²) in [5, 5.41) is 38.0. The van der Waals surface area contributed by atoms with Crippen LogP contribution in [0.25, 0.3) is 0 Å². The van der Waals surface area contributed by atoms with E-state index in [1.807, 2.05) is 24.1 Å². The lowest BCUT2D eigenvalue weighted by atomic mass is 10.2. The Hall–Kier alpha value is -6.91. The summed E-state index contributed by atoms with van der Waals surface area (Å²) in [6.45, 7) is 10.1. The van der Waals surface area contributed by atoms with E-state index in [2.05, 4.69) is 46.1 Å². The Balaban J connectivity index is 0.000000291. The second-order valence-electron chi connectivity index (χ2n) is 18.7. The zero-order chi connectivity index (χ0) is 58.2. The van der Waals surface area contributed by atoms with E-state index < -0.39 is 30.8 Å². The highest BCUT2D eigenvalue weighted by Gasteiger charge is 2.26. The number of alkyl halides is 1. The third-order valence-corrected chi connectivity index (χ3v) is 15.7. The predicted molar refractivity (Wildman–Crippen MR) is 317 cm³/mol. The van der Waals surface area contributed by atoms with Crippen molar-refractivity contribution >= 4 is 117 Å². The normalized spacial score (nSPS) is 11.4. The van der Waals surface area contributed by atoms with Crippen molar-refractivity contribution in [2.75, 3.05) is 160 Å². The van der Waals surface area contributed by atoms with Crippen molar-refractivity contribution in [1.82, 2.24) is 29.7 Å². The lowest BCUT2D eigenvalue weighted by Crippen LogP contribution is -2.32. The second-order valence-corrected chi connectivity index (χ2v) is 25.9. The van der Waals surface area contributed by atoms with Gasteiger partial charge in [0, 0.05) is 95.3 Å². The van der Waals surface area contributed by atoms with Gasteiger partial charge in [0.2, 0.25) is 11.9 Å². The molecule has 0 unspecified atom stereocenters. The van der Waals surface area contributed by atoms with E-state index in [9.17, 15) is 33.7 Å². The third kappa shape index (κ3) is 17.8. The molecule has 0 saturated carbocycles. The maximum Gasteiger partial charge on any atom is 0.294 e. The van der Waals surface area contributed by atoms with Crippen molar-refractivity contribution in [3.8, 4) is 11.5 Å². The minimum Gasteiger partial charge on any atom is -0.494 e. The highest BCUT2D eigenvalue weighted by Crippen LogP contribution is 2.43. The molecule has 0 aliphatic heterocycles. The molecule has 0 amide bonds. The Labute approximate surface area is 469 Å². The smallest absolute Gasteiger partial charge is 0.294 e. The number of halogens is 3. The summed E-state index contributed by atoms with van der Waals surface area (Å²) in [6.07, 6.45) is 2.79. The molecule has 426 valence electrons. The topological polar surface area (TPSA) is 261 Å². The molecular weight excluding hydrogens is 1100 g/mol. The zero-order valence-electron chi connectivity index (χ0n) is 45.9. The van der Waals surface area contributed by atoms with Gasteiger partial charge in [0.1, 0.15) is 53.9 Å². The van der Waals surface area contributed by atoms with Crippen LogP contribution >= 0.6 is 37.5 Å². The van der Waals surface area contributed by atoms with Crippen LogP contribution < -0.4 is 51.1 Å². The Bertz CT molecular complexity index is 3180. The van der Waals surface area contributed by atoms with Crippen LogP contribution in [0.1, 0.15) is 0 Å². The number of para-hydroxylation sites is 2. The van der Waals surface area contributed by atoms with E-state index in [4.69, 9.17) is 37.4 Å². The molecule has 0 aliphatic rings. The molecule has 4 aromatic carbocycles. The number of methoxy groups -OCH3 is 3. The van der Waals surface area contributed by atoms with Crippen LogP contribution in [0.5, 0.6) is 11.5 Å². The fourth-order valence-electron chi connectivity index (χ4n) is 7.67. The molecule has 28 heteroatoms. The first-order valence-corrected chi connectivity index (χ1v) is 30.3. The molecule has 0 saturated heterocycles. The minimum atomic E-state index is -2.60. The van der Waals surface area contributed by atoms with Gasteiger partial charge in [-0.1, -0.05) is 47.5 Å². The monoisotopic (exact) mass is 1170 g/mol. The molecule has 0 fully saturated rings. The van der Waals surface area contributed by atoms with Crippen LogP contribution in [0, 0.1) is 20.2 Å². The maximum atomic E-state index is 12.8. The Morgan fingerprint density at radius 3 is 1.33 bits per heavy atom. The van der Waals surface area contributed by atoms with E-state index in [0.717, 1.165) is 6.54 Å². The van der Waals surface area contributed by atoms with Crippen LogP contribution in [0.3, 0.4) is 0 Å². The van der Waals surface area contributed by atoms with Gasteiger partial charge in [-0.05, 0) is 65.0 Å². The van der Waals surface area contributed by atoms with E-state index >= 15 is 0 Å². The van der Waals surface area contributed by atoms with Gasteiger partial charge in [-0.15, -0.1) is 0 Å². The minimum absolute atomic E-state index is 0.103. The van der Waals surface area contributed by atoms with Crippen molar-refractivity contribution in [2.24, 2.45) is 0 Å². The highest BCUT2D eigenvalue weighted by molar-refractivity contribution is 7.70. The Morgan fingerprint density at radius 1 is 0.582 bits per heavy atom. The predicted octanol–water partition coefficient (Wildman–Crippen LogP) is 9.92. The van der Waals surface area contributed by atoms with E-state index in [0.29, 0.717) is 83.3 Å². The van der Waals surface area contributed by atoms with Gasteiger partial charge >= 0.3 is 0 Å². The van der Waals surface area contributed by atoms with Gasteiger partial charge in [-0.2, -0.15) is 9.97 Å². The number of benzene rings is 4. The van der Waals surface area contributed by atoms with E-state index in [1.165, 1.54) is 38.7 Å². The number of nitro benzene ring substituents is 2. The first-order chi connectivity index (χ1) is 37.4. The molecule has 2 aromatic heterocycles. The number of hydrogen-bond donors (Lipinski definition) is 4. The molecule has 0 spiro atoms. The number of anilines is 10. The van der Waals surface area contributed by atoms with Gasteiger partial charge in [0.15, 0.2) is 11.6 Å². The van der Waals surface area contributed by atoms with Crippen molar-refractivity contribution in [2.45, 2.75) is 0 Å². The lowest BCUT2D eigenvalue weighted by molar-refractivity contribution is -0.384. The van der Waals surface area contributed by atoms with Gasteiger partial charge < -0.3 is 64.2 Å². The summed E-state index contributed by atoms with van der Waals surface area (Å²) in [5.74, 6) is 1.48. The molecule has 4 N–H and O–H groups in total. The summed E-state index contributed by atoms with van der Waals surface area (Å²) in [5.41, 5.74) is 2.28. The first kappa shape index (κ1) is 62.9. The second kappa shape index (κ2) is 28.8. The number of likely N-dealkylation sites (N-methyl/N-ethyl adjacent to an activating group) is 4. The number of aromatic nitrogens is 4. The third-order valence-electron chi connectivity index (χ3n) is 12.0. The molecule has 79 heavy (non-hydrogen) atoms.